The van der Waals surface area contributed by atoms with Crippen molar-refractivity contribution in [2.24, 2.45) is 0 Å². The summed E-state index contributed by atoms with van der Waals surface area (Å²) in [5.41, 5.74) is 2.78. The van der Waals surface area contributed by atoms with E-state index in [9.17, 15) is 4.79 Å². The molecule has 3 rings (SSSR count). The van der Waals surface area contributed by atoms with Crippen LogP contribution >= 0.6 is 15.9 Å². The molecule has 0 aliphatic heterocycles. The predicted octanol–water partition coefficient (Wildman–Crippen LogP) is 4.64. The van der Waals surface area contributed by atoms with Crippen molar-refractivity contribution in [1.29, 1.82) is 0 Å². The lowest BCUT2D eigenvalue weighted by molar-refractivity contribution is 0.142. The molecule has 0 saturated carbocycles. The molecule has 3 aromatic rings. The van der Waals surface area contributed by atoms with Crippen molar-refractivity contribution in [1.82, 2.24) is 9.78 Å². The minimum Gasteiger partial charge on any atom is -0.489 e. The van der Waals surface area contributed by atoms with Crippen molar-refractivity contribution in [2.45, 2.75) is 20.1 Å². The smallest absolute Gasteiger partial charge is 0.489 e. The van der Waals surface area contributed by atoms with Gasteiger partial charge in [0.15, 0.2) is 0 Å². The highest BCUT2D eigenvalue weighted by atomic mass is 79.9. The van der Waals surface area contributed by atoms with Crippen LogP contribution in [-0.2, 0) is 13.2 Å². The van der Waals surface area contributed by atoms with Gasteiger partial charge in [-0.25, -0.2) is 4.79 Å². The molecule has 134 valence electrons. The number of benzene rings is 2. The average molecular weight is 417 g/mol. The third-order valence-electron chi connectivity index (χ3n) is 3.73. The van der Waals surface area contributed by atoms with Crippen LogP contribution in [0, 0.1) is 6.92 Å². The Balaban J connectivity index is 1.80. The molecule has 26 heavy (non-hydrogen) atoms. The van der Waals surface area contributed by atoms with Crippen molar-refractivity contribution >= 4 is 22.1 Å². The summed E-state index contributed by atoms with van der Waals surface area (Å²) in [6.07, 6.45) is -1.39. The zero-order valence-corrected chi connectivity index (χ0v) is 15.6. The summed E-state index contributed by atoms with van der Waals surface area (Å²) in [4.78, 5) is 10.7. The van der Waals surface area contributed by atoms with Crippen molar-refractivity contribution in [3.05, 3.63) is 75.9 Å². The van der Waals surface area contributed by atoms with E-state index in [1.54, 1.807) is 10.7 Å². The lowest BCUT2D eigenvalue weighted by Crippen LogP contribution is -2.08. The quantitative estimate of drug-likeness (QED) is 0.592. The van der Waals surface area contributed by atoms with Crippen LogP contribution in [-0.4, -0.2) is 21.0 Å². The van der Waals surface area contributed by atoms with Gasteiger partial charge in [0.25, 0.3) is 0 Å². The van der Waals surface area contributed by atoms with E-state index in [0.29, 0.717) is 13.2 Å². The first kappa shape index (κ1) is 18.0. The molecule has 0 aliphatic rings. The molecule has 0 aliphatic carbocycles. The Bertz CT molecular complexity index is 909. The number of nitrogens with zero attached hydrogens (tertiary/aromatic N) is 2. The van der Waals surface area contributed by atoms with E-state index in [1.165, 1.54) is 0 Å². The predicted molar refractivity (Wildman–Crippen MR) is 99.6 cm³/mol. The van der Waals surface area contributed by atoms with Crippen molar-refractivity contribution in [3.8, 4) is 11.6 Å². The van der Waals surface area contributed by atoms with Gasteiger partial charge in [-0.2, -0.15) is 0 Å². The van der Waals surface area contributed by atoms with E-state index >= 15 is 0 Å². The Morgan fingerprint density at radius 2 is 1.96 bits per heavy atom. The molecule has 0 spiro atoms. The largest absolute Gasteiger partial charge is 0.512 e. The van der Waals surface area contributed by atoms with Crippen molar-refractivity contribution < 1.29 is 19.4 Å². The van der Waals surface area contributed by atoms with Gasteiger partial charge in [0, 0.05) is 21.8 Å². The molecule has 2 aromatic carbocycles. The Morgan fingerprint density at radius 1 is 1.19 bits per heavy atom. The highest BCUT2D eigenvalue weighted by Gasteiger charge is 2.12. The molecule has 6 nitrogen and oxygen atoms in total. The molecule has 7 heteroatoms. The zero-order chi connectivity index (χ0) is 18.5. The lowest BCUT2D eigenvalue weighted by Gasteiger charge is -2.13. The fourth-order valence-electron chi connectivity index (χ4n) is 2.49. The SMILES string of the molecule is Cc1cc(OC(=O)O)nn1Cc1cc(Br)ccc1OCc1ccccc1. The number of rotatable bonds is 6. The highest BCUT2D eigenvalue weighted by Crippen LogP contribution is 2.26. The highest BCUT2D eigenvalue weighted by molar-refractivity contribution is 9.10. The lowest BCUT2D eigenvalue weighted by atomic mass is 10.2. The fraction of sp³-hybridized carbons (Fsp3) is 0.158. The second kappa shape index (κ2) is 8.05. The van der Waals surface area contributed by atoms with Gasteiger partial charge in [-0.1, -0.05) is 46.3 Å². The van der Waals surface area contributed by atoms with Crippen LogP contribution in [0.4, 0.5) is 4.79 Å². The first-order valence-corrected chi connectivity index (χ1v) is 8.71. The third kappa shape index (κ3) is 4.64. The number of carboxylic acid groups (broad SMARTS) is 1. The Kier molecular flexibility index (Phi) is 5.58. The van der Waals surface area contributed by atoms with Crippen LogP contribution in [0.25, 0.3) is 0 Å². The van der Waals surface area contributed by atoms with Gasteiger partial charge in [-0.05, 0) is 30.7 Å². The third-order valence-corrected chi connectivity index (χ3v) is 4.22. The van der Waals surface area contributed by atoms with Gasteiger partial charge >= 0.3 is 6.16 Å². The summed E-state index contributed by atoms with van der Waals surface area (Å²) < 4.78 is 13.2. The number of aromatic nitrogens is 2. The maximum absolute atomic E-state index is 10.7. The molecule has 0 fully saturated rings. The van der Waals surface area contributed by atoms with E-state index < -0.39 is 6.16 Å². The number of hydrogen-bond acceptors (Lipinski definition) is 4. The summed E-state index contributed by atoms with van der Waals surface area (Å²) in [5, 5.41) is 12.9. The molecule has 1 aromatic heterocycles. The summed E-state index contributed by atoms with van der Waals surface area (Å²) in [6.45, 7) is 2.73. The molecule has 0 atom stereocenters. The number of carbonyl (C=O) groups is 1. The molecule has 1 N–H and O–H groups in total. The van der Waals surface area contributed by atoms with Crippen LogP contribution in [0.5, 0.6) is 11.6 Å². The minimum atomic E-state index is -1.39. The number of aryl methyl sites for hydroxylation is 1. The molecular formula is C19H17BrN2O4. The van der Waals surface area contributed by atoms with E-state index in [1.807, 2.05) is 55.5 Å². The molecule has 0 bridgehead atoms. The van der Waals surface area contributed by atoms with E-state index in [2.05, 4.69) is 25.8 Å². The monoisotopic (exact) mass is 416 g/mol. The summed E-state index contributed by atoms with van der Waals surface area (Å²) >= 11 is 3.47. The average Bonchev–Trinajstić information content (AvgIpc) is 2.93. The Hall–Kier alpha value is -2.80. The Labute approximate surface area is 159 Å². The fourth-order valence-corrected chi connectivity index (χ4v) is 2.90. The second-order valence-electron chi connectivity index (χ2n) is 5.68. The molecule has 0 amide bonds. The van der Waals surface area contributed by atoms with Gasteiger partial charge in [0.2, 0.25) is 5.88 Å². The maximum Gasteiger partial charge on any atom is 0.512 e. The number of halogens is 1. The van der Waals surface area contributed by atoms with Crippen LogP contribution < -0.4 is 9.47 Å². The van der Waals surface area contributed by atoms with Crippen LogP contribution in [0.15, 0.2) is 59.1 Å². The Morgan fingerprint density at radius 3 is 2.69 bits per heavy atom. The summed E-state index contributed by atoms with van der Waals surface area (Å²) in [6, 6.07) is 17.3. The second-order valence-corrected chi connectivity index (χ2v) is 6.59. The molecular weight excluding hydrogens is 400 g/mol. The molecule has 1 heterocycles. The normalized spacial score (nSPS) is 10.5. The van der Waals surface area contributed by atoms with Gasteiger partial charge in [0.05, 0.1) is 6.54 Å². The van der Waals surface area contributed by atoms with E-state index in [-0.39, 0.29) is 5.88 Å². The standard InChI is InChI=1S/C19H17BrN2O4/c1-13-9-18(26-19(23)24)21-22(13)11-15-10-16(20)7-8-17(15)25-12-14-5-3-2-4-6-14/h2-10H,11-12H2,1H3,(H,23,24). The van der Waals surface area contributed by atoms with Gasteiger partial charge < -0.3 is 14.6 Å². The van der Waals surface area contributed by atoms with E-state index in [0.717, 1.165) is 27.0 Å². The summed E-state index contributed by atoms with van der Waals surface area (Å²) in [5.74, 6) is 0.796. The first-order chi connectivity index (χ1) is 12.5. The summed E-state index contributed by atoms with van der Waals surface area (Å²) in [7, 11) is 0. The zero-order valence-electron chi connectivity index (χ0n) is 14.1. The van der Waals surface area contributed by atoms with E-state index in [4.69, 9.17) is 9.84 Å². The van der Waals surface area contributed by atoms with Crippen LogP contribution in [0.3, 0.4) is 0 Å². The molecule has 0 saturated heterocycles. The first-order valence-electron chi connectivity index (χ1n) is 7.91. The molecule has 0 unspecified atom stereocenters. The van der Waals surface area contributed by atoms with Crippen molar-refractivity contribution in [3.63, 3.8) is 0 Å². The number of ether oxygens (including phenoxy) is 2. The van der Waals surface area contributed by atoms with Crippen LogP contribution in [0.1, 0.15) is 16.8 Å². The van der Waals surface area contributed by atoms with Gasteiger partial charge in [0.1, 0.15) is 12.4 Å². The topological polar surface area (TPSA) is 73.6 Å². The molecule has 0 radical (unpaired) electrons. The van der Waals surface area contributed by atoms with Gasteiger partial charge in [-0.15, -0.1) is 5.10 Å². The van der Waals surface area contributed by atoms with Crippen LogP contribution in [0.2, 0.25) is 0 Å². The maximum atomic E-state index is 10.7. The number of hydrogen-bond donors (Lipinski definition) is 1. The van der Waals surface area contributed by atoms with Gasteiger partial charge in [-0.3, -0.25) is 4.68 Å². The van der Waals surface area contributed by atoms with Crippen molar-refractivity contribution in [2.75, 3.05) is 0 Å². The minimum absolute atomic E-state index is 0.0525.